The Morgan fingerprint density at radius 3 is 2.36 bits per heavy atom. The largest absolute Gasteiger partial charge is 0.366 e. The van der Waals surface area contributed by atoms with Crippen molar-refractivity contribution in [3.63, 3.8) is 0 Å². The van der Waals surface area contributed by atoms with Crippen LogP contribution >= 0.6 is 0 Å². The van der Waals surface area contributed by atoms with E-state index in [4.69, 9.17) is 5.73 Å². The average molecular weight is 193 g/mol. The number of hydrazine groups is 1. The Hall–Kier alpha value is -1.39. The molecule has 14 heavy (non-hydrogen) atoms. The van der Waals surface area contributed by atoms with Gasteiger partial charge in [0.25, 0.3) is 0 Å². The number of amides is 1. The first-order chi connectivity index (χ1) is 6.59. The number of rotatable bonds is 4. The summed E-state index contributed by atoms with van der Waals surface area (Å²) >= 11 is 0. The first-order valence-electron chi connectivity index (χ1n) is 4.39. The minimum atomic E-state index is -0.392. The molecule has 1 aromatic rings. The summed E-state index contributed by atoms with van der Waals surface area (Å²) < 4.78 is 0. The topological polar surface area (TPSA) is 58.4 Å². The average Bonchev–Trinajstić information content (AvgIpc) is 2.15. The molecule has 0 heterocycles. The summed E-state index contributed by atoms with van der Waals surface area (Å²) in [7, 11) is 3.86. The lowest BCUT2D eigenvalue weighted by Crippen LogP contribution is -2.29. The zero-order valence-corrected chi connectivity index (χ0v) is 8.45. The first-order valence-corrected chi connectivity index (χ1v) is 4.39. The molecular formula is C10H15N3O. The van der Waals surface area contributed by atoms with Crippen LogP contribution in [0.1, 0.15) is 15.9 Å². The van der Waals surface area contributed by atoms with Crippen LogP contribution in [-0.4, -0.2) is 25.0 Å². The molecule has 3 N–H and O–H groups in total. The maximum atomic E-state index is 10.8. The van der Waals surface area contributed by atoms with Crippen molar-refractivity contribution in [3.8, 4) is 0 Å². The normalized spacial score (nSPS) is 10.5. The second kappa shape index (κ2) is 4.74. The third kappa shape index (κ3) is 3.16. The molecule has 0 radical (unpaired) electrons. The molecule has 0 aromatic heterocycles. The molecule has 4 nitrogen and oxygen atoms in total. The van der Waals surface area contributed by atoms with Gasteiger partial charge in [-0.15, -0.1) is 0 Å². The van der Waals surface area contributed by atoms with E-state index in [0.717, 1.165) is 12.1 Å². The maximum absolute atomic E-state index is 10.8. The Bertz CT molecular complexity index is 306. The molecule has 1 amide bonds. The summed E-state index contributed by atoms with van der Waals surface area (Å²) in [5, 5.41) is 1.88. The fraction of sp³-hybridized carbons (Fsp3) is 0.300. The van der Waals surface area contributed by atoms with E-state index >= 15 is 0 Å². The van der Waals surface area contributed by atoms with Crippen LogP contribution in [0.15, 0.2) is 24.3 Å². The van der Waals surface area contributed by atoms with E-state index in [1.807, 2.05) is 31.2 Å². The van der Waals surface area contributed by atoms with Gasteiger partial charge in [-0.2, -0.15) is 0 Å². The van der Waals surface area contributed by atoms with Crippen LogP contribution in [-0.2, 0) is 6.54 Å². The number of primary amides is 1. The van der Waals surface area contributed by atoms with Crippen LogP contribution in [0.5, 0.6) is 0 Å². The predicted octanol–water partition coefficient (Wildman–Crippen LogP) is 0.352. The molecule has 0 spiro atoms. The SMILES string of the molecule is CN(C)NCc1ccc(C(N)=O)cc1. The van der Waals surface area contributed by atoms with Crippen molar-refractivity contribution < 1.29 is 4.79 Å². The van der Waals surface area contributed by atoms with Crippen LogP contribution in [0.4, 0.5) is 0 Å². The molecule has 4 heteroatoms. The molecule has 0 atom stereocenters. The molecule has 0 aliphatic carbocycles. The summed E-state index contributed by atoms with van der Waals surface area (Å²) in [5.41, 5.74) is 9.91. The fourth-order valence-corrected chi connectivity index (χ4v) is 1.04. The minimum Gasteiger partial charge on any atom is -0.366 e. The number of hydrogen-bond acceptors (Lipinski definition) is 3. The number of carbonyl (C=O) groups is 1. The van der Waals surface area contributed by atoms with E-state index in [-0.39, 0.29) is 0 Å². The Balaban J connectivity index is 2.60. The number of nitrogens with zero attached hydrogens (tertiary/aromatic N) is 1. The van der Waals surface area contributed by atoms with Gasteiger partial charge in [-0.05, 0) is 17.7 Å². The number of benzene rings is 1. The lowest BCUT2D eigenvalue weighted by atomic mass is 10.1. The molecule has 0 saturated carbocycles. The Kier molecular flexibility index (Phi) is 3.62. The molecule has 0 bridgehead atoms. The molecule has 0 aliphatic rings. The highest BCUT2D eigenvalue weighted by molar-refractivity contribution is 5.92. The van der Waals surface area contributed by atoms with E-state index in [1.165, 1.54) is 0 Å². The van der Waals surface area contributed by atoms with Crippen LogP contribution in [0.2, 0.25) is 0 Å². The second-order valence-electron chi connectivity index (χ2n) is 3.29. The van der Waals surface area contributed by atoms with E-state index < -0.39 is 5.91 Å². The van der Waals surface area contributed by atoms with E-state index in [2.05, 4.69) is 5.43 Å². The molecule has 0 aliphatic heterocycles. The zero-order chi connectivity index (χ0) is 10.6. The van der Waals surface area contributed by atoms with Crippen molar-refractivity contribution >= 4 is 5.91 Å². The Morgan fingerprint density at radius 1 is 1.36 bits per heavy atom. The number of nitrogens with one attached hydrogen (secondary N) is 1. The maximum Gasteiger partial charge on any atom is 0.248 e. The second-order valence-corrected chi connectivity index (χ2v) is 3.29. The van der Waals surface area contributed by atoms with Crippen molar-refractivity contribution in [3.05, 3.63) is 35.4 Å². The molecule has 1 aromatic carbocycles. The number of nitrogens with two attached hydrogens (primary N) is 1. The Morgan fingerprint density at radius 2 is 1.93 bits per heavy atom. The summed E-state index contributed by atoms with van der Waals surface area (Å²) in [5.74, 6) is -0.392. The summed E-state index contributed by atoms with van der Waals surface area (Å²) in [6.07, 6.45) is 0. The van der Waals surface area contributed by atoms with Gasteiger partial charge in [0.2, 0.25) is 5.91 Å². The van der Waals surface area contributed by atoms with Crippen molar-refractivity contribution in [2.24, 2.45) is 5.73 Å². The lowest BCUT2D eigenvalue weighted by molar-refractivity contribution is 0.100. The molecule has 76 valence electrons. The predicted molar refractivity (Wildman–Crippen MR) is 55.5 cm³/mol. The van der Waals surface area contributed by atoms with Crippen molar-refractivity contribution in [2.45, 2.75) is 6.54 Å². The van der Waals surface area contributed by atoms with Gasteiger partial charge in [0.15, 0.2) is 0 Å². The fourth-order valence-electron chi connectivity index (χ4n) is 1.04. The third-order valence-corrected chi connectivity index (χ3v) is 1.84. The van der Waals surface area contributed by atoms with Gasteiger partial charge >= 0.3 is 0 Å². The monoisotopic (exact) mass is 193 g/mol. The zero-order valence-electron chi connectivity index (χ0n) is 8.45. The molecule has 0 unspecified atom stereocenters. The highest BCUT2D eigenvalue weighted by Gasteiger charge is 1.99. The first kappa shape index (κ1) is 10.7. The summed E-state index contributed by atoms with van der Waals surface area (Å²) in [6.45, 7) is 0.742. The standard InChI is InChI=1S/C10H15N3O/c1-13(2)12-7-8-3-5-9(6-4-8)10(11)14/h3-6,12H,7H2,1-2H3,(H2,11,14). The van der Waals surface area contributed by atoms with Crippen LogP contribution in [0.25, 0.3) is 0 Å². The van der Waals surface area contributed by atoms with Gasteiger partial charge in [0.05, 0.1) is 0 Å². The molecule has 1 rings (SSSR count). The molecular weight excluding hydrogens is 178 g/mol. The van der Waals surface area contributed by atoms with Gasteiger partial charge in [-0.1, -0.05) is 12.1 Å². The highest BCUT2D eigenvalue weighted by Crippen LogP contribution is 2.03. The third-order valence-electron chi connectivity index (χ3n) is 1.84. The van der Waals surface area contributed by atoms with Crippen molar-refractivity contribution in [1.29, 1.82) is 0 Å². The minimum absolute atomic E-state index is 0.392. The van der Waals surface area contributed by atoms with E-state index in [0.29, 0.717) is 5.56 Å². The molecule has 0 fully saturated rings. The van der Waals surface area contributed by atoms with E-state index in [1.54, 1.807) is 12.1 Å². The molecule has 0 saturated heterocycles. The summed E-state index contributed by atoms with van der Waals surface area (Å²) in [6, 6.07) is 7.23. The smallest absolute Gasteiger partial charge is 0.248 e. The van der Waals surface area contributed by atoms with Gasteiger partial charge in [-0.25, -0.2) is 0 Å². The summed E-state index contributed by atoms with van der Waals surface area (Å²) in [4.78, 5) is 10.8. The van der Waals surface area contributed by atoms with Gasteiger partial charge < -0.3 is 5.73 Å². The van der Waals surface area contributed by atoms with Gasteiger partial charge in [-0.3, -0.25) is 15.2 Å². The number of hydrogen-bond donors (Lipinski definition) is 2. The quantitative estimate of drug-likeness (QED) is 0.678. The van der Waals surface area contributed by atoms with E-state index in [9.17, 15) is 4.79 Å². The van der Waals surface area contributed by atoms with Gasteiger partial charge in [0.1, 0.15) is 0 Å². The lowest BCUT2D eigenvalue weighted by Gasteiger charge is -2.11. The van der Waals surface area contributed by atoms with Crippen molar-refractivity contribution in [2.75, 3.05) is 14.1 Å². The van der Waals surface area contributed by atoms with Crippen molar-refractivity contribution in [1.82, 2.24) is 10.4 Å². The van der Waals surface area contributed by atoms with Gasteiger partial charge in [0, 0.05) is 26.2 Å². The van der Waals surface area contributed by atoms with Crippen LogP contribution in [0, 0.1) is 0 Å². The van der Waals surface area contributed by atoms with Crippen LogP contribution < -0.4 is 11.2 Å². The Labute approximate surface area is 83.7 Å². The highest BCUT2D eigenvalue weighted by atomic mass is 16.1. The number of carbonyl (C=O) groups excluding carboxylic acids is 1. The van der Waals surface area contributed by atoms with Crippen LogP contribution in [0.3, 0.4) is 0 Å².